The molecule has 0 heterocycles. The minimum absolute atomic E-state index is 0.258. The molecule has 0 unspecified atom stereocenters. The predicted octanol–water partition coefficient (Wildman–Crippen LogP) is 3.50. The van der Waals surface area contributed by atoms with E-state index in [2.05, 4.69) is 39.3 Å². The molecule has 6 heteroatoms. The van der Waals surface area contributed by atoms with Gasteiger partial charge in [-0.25, -0.2) is 0 Å². The maximum atomic E-state index is 11.6. The Morgan fingerprint density at radius 1 is 1.14 bits per heavy atom. The molecular formula is C15H35N2O3Si-. The second-order valence-electron chi connectivity index (χ2n) is 8.37. The summed E-state index contributed by atoms with van der Waals surface area (Å²) >= 11 is 0. The molecule has 0 saturated heterocycles. The number of carbonyl (C=O) groups excluding carboxylic acids is 1. The number of hydrogen-bond acceptors (Lipinski definition) is 4. The average Bonchev–Trinajstić information content (AvgIpc) is 2.19. The van der Waals surface area contributed by atoms with E-state index >= 15 is 0 Å². The SMILES string of the molecule is CN(CCCO[SiH-](C)(C)C(C)(C)C)NC(=O)OC(C)(C)C. The third-order valence-electron chi connectivity index (χ3n) is 3.94. The fraction of sp³-hybridized carbons (Fsp3) is 0.933. The Morgan fingerprint density at radius 2 is 1.67 bits per heavy atom. The first-order valence-electron chi connectivity index (χ1n) is 7.82. The molecule has 0 atom stereocenters. The molecular weight excluding hydrogens is 284 g/mol. The van der Waals surface area contributed by atoms with Gasteiger partial charge in [0.2, 0.25) is 0 Å². The Hall–Kier alpha value is -0.593. The van der Waals surface area contributed by atoms with E-state index in [1.807, 2.05) is 27.8 Å². The number of nitrogens with one attached hydrogen (secondary N) is 1. The molecule has 0 spiro atoms. The molecule has 1 amide bonds. The van der Waals surface area contributed by atoms with E-state index in [1.165, 1.54) is 0 Å². The molecule has 0 fully saturated rings. The average molecular weight is 320 g/mol. The molecule has 1 N–H and O–H groups in total. The summed E-state index contributed by atoms with van der Waals surface area (Å²) < 4.78 is 11.3. The first-order valence-corrected chi connectivity index (χ1v) is 11.2. The third-order valence-corrected chi connectivity index (χ3v) is 9.18. The van der Waals surface area contributed by atoms with E-state index in [1.54, 1.807) is 5.01 Å². The Morgan fingerprint density at radius 3 is 2.10 bits per heavy atom. The maximum absolute atomic E-state index is 11.6. The van der Waals surface area contributed by atoms with Crippen LogP contribution in [0.15, 0.2) is 0 Å². The van der Waals surface area contributed by atoms with Gasteiger partial charge in [0, 0.05) is 0 Å². The summed E-state index contributed by atoms with van der Waals surface area (Å²) in [6.45, 7) is 18.3. The van der Waals surface area contributed by atoms with Gasteiger partial charge in [0.05, 0.1) is 0 Å². The van der Waals surface area contributed by atoms with Crippen LogP contribution in [-0.4, -0.2) is 45.2 Å². The fourth-order valence-corrected chi connectivity index (χ4v) is 2.70. The third kappa shape index (κ3) is 9.11. The molecule has 5 nitrogen and oxygen atoms in total. The van der Waals surface area contributed by atoms with E-state index < -0.39 is 20.0 Å². The molecule has 0 bridgehead atoms. The number of nitrogens with zero attached hydrogens (tertiary/aromatic N) is 1. The zero-order chi connectivity index (χ0) is 16.9. The molecule has 0 aromatic heterocycles. The molecule has 0 aliphatic heterocycles. The summed E-state index contributed by atoms with van der Waals surface area (Å²) in [5.74, 6) is 0. The van der Waals surface area contributed by atoms with Crippen LogP contribution in [0.1, 0.15) is 48.0 Å². The van der Waals surface area contributed by atoms with Crippen LogP contribution in [0.2, 0.25) is 18.1 Å². The summed E-state index contributed by atoms with van der Waals surface area (Å²) in [6, 6.07) is 0. The molecule has 0 aromatic carbocycles. The summed E-state index contributed by atoms with van der Waals surface area (Å²) in [6.07, 6.45) is 0.461. The number of ether oxygens (including phenoxy) is 1. The molecule has 0 saturated carbocycles. The topological polar surface area (TPSA) is 50.8 Å². The summed E-state index contributed by atoms with van der Waals surface area (Å²) in [5, 5.41) is 2.00. The first kappa shape index (κ1) is 20.4. The van der Waals surface area contributed by atoms with Crippen LogP contribution < -0.4 is 5.43 Å². The molecule has 0 radical (unpaired) electrons. The second kappa shape index (κ2) is 7.60. The van der Waals surface area contributed by atoms with Crippen molar-refractivity contribution in [1.29, 1.82) is 0 Å². The predicted molar refractivity (Wildman–Crippen MR) is 91.2 cm³/mol. The second-order valence-corrected chi connectivity index (χ2v) is 13.9. The molecule has 21 heavy (non-hydrogen) atoms. The number of rotatable bonds is 6. The molecule has 0 aliphatic rings. The van der Waals surface area contributed by atoms with Crippen molar-refractivity contribution in [2.75, 3.05) is 20.2 Å². The minimum atomic E-state index is -1.97. The number of amides is 1. The normalized spacial score (nSPS) is 14.2. The van der Waals surface area contributed by atoms with Gasteiger partial charge in [0.25, 0.3) is 0 Å². The van der Waals surface area contributed by atoms with E-state index in [0.717, 1.165) is 19.6 Å². The van der Waals surface area contributed by atoms with Crippen LogP contribution in [0.5, 0.6) is 0 Å². The Labute approximate surface area is 131 Å². The van der Waals surface area contributed by atoms with Crippen molar-refractivity contribution in [1.82, 2.24) is 10.4 Å². The molecule has 0 rings (SSSR count). The van der Waals surface area contributed by atoms with E-state index in [9.17, 15) is 4.79 Å². The van der Waals surface area contributed by atoms with Crippen molar-refractivity contribution in [2.24, 2.45) is 0 Å². The van der Waals surface area contributed by atoms with Crippen LogP contribution in [0.25, 0.3) is 0 Å². The van der Waals surface area contributed by atoms with Crippen molar-refractivity contribution in [3.63, 3.8) is 0 Å². The van der Waals surface area contributed by atoms with E-state index in [0.29, 0.717) is 0 Å². The van der Waals surface area contributed by atoms with Gasteiger partial charge < -0.3 is 0 Å². The quantitative estimate of drug-likeness (QED) is 0.462. The standard InChI is InChI=1S/C15H35N2O3Si/c1-14(2,3)20-13(18)16-17(7)11-10-12-19-21(8,9)15(4,5)6/h21H,10-12H2,1-9H3,(H,16,18)/q-1. The Kier molecular flexibility index (Phi) is 7.39. The van der Waals surface area contributed by atoms with Gasteiger partial charge in [-0.15, -0.1) is 0 Å². The fourth-order valence-electron chi connectivity index (χ4n) is 1.44. The summed E-state index contributed by atoms with van der Waals surface area (Å²) in [4.78, 5) is 11.6. The number of carbonyl (C=O) groups is 1. The van der Waals surface area contributed by atoms with Gasteiger partial charge in [-0.05, 0) is 0 Å². The van der Waals surface area contributed by atoms with Crippen LogP contribution >= 0.6 is 0 Å². The van der Waals surface area contributed by atoms with Crippen molar-refractivity contribution in [2.45, 2.75) is 71.7 Å². The zero-order valence-electron chi connectivity index (χ0n) is 15.4. The van der Waals surface area contributed by atoms with Crippen LogP contribution in [0.4, 0.5) is 4.79 Å². The van der Waals surface area contributed by atoms with Gasteiger partial charge in [-0.1, -0.05) is 0 Å². The van der Waals surface area contributed by atoms with Gasteiger partial charge in [-0.2, -0.15) is 0 Å². The van der Waals surface area contributed by atoms with Crippen LogP contribution in [-0.2, 0) is 9.16 Å². The first-order chi connectivity index (χ1) is 9.24. The van der Waals surface area contributed by atoms with Crippen LogP contribution in [0.3, 0.4) is 0 Å². The monoisotopic (exact) mass is 319 g/mol. The van der Waals surface area contributed by atoms with E-state index in [-0.39, 0.29) is 5.04 Å². The summed E-state index contributed by atoms with van der Waals surface area (Å²) in [7, 11) is -0.138. The van der Waals surface area contributed by atoms with Crippen molar-refractivity contribution in [3.05, 3.63) is 0 Å². The number of hydrazine groups is 1. The molecule has 0 aliphatic carbocycles. The van der Waals surface area contributed by atoms with Gasteiger partial charge in [0.15, 0.2) is 0 Å². The van der Waals surface area contributed by atoms with Crippen LogP contribution in [0, 0.1) is 0 Å². The van der Waals surface area contributed by atoms with Crippen molar-refractivity contribution in [3.8, 4) is 0 Å². The molecule has 128 valence electrons. The van der Waals surface area contributed by atoms with Gasteiger partial charge in [0.1, 0.15) is 0 Å². The Bertz CT molecular complexity index is 333. The van der Waals surface area contributed by atoms with E-state index in [4.69, 9.17) is 9.16 Å². The van der Waals surface area contributed by atoms with Crippen molar-refractivity contribution >= 4 is 14.4 Å². The van der Waals surface area contributed by atoms with Gasteiger partial charge >= 0.3 is 131 Å². The summed E-state index contributed by atoms with van der Waals surface area (Å²) in [5.41, 5.74) is 2.22. The van der Waals surface area contributed by atoms with Crippen molar-refractivity contribution < 1.29 is 14.0 Å². The Balaban J connectivity index is 3.96. The number of hydrogen-bond donors (Lipinski definition) is 1. The van der Waals surface area contributed by atoms with Gasteiger partial charge in [-0.3, -0.25) is 0 Å². The zero-order valence-corrected chi connectivity index (χ0v) is 16.5. The molecule has 0 aromatic rings.